The van der Waals surface area contributed by atoms with E-state index in [2.05, 4.69) is 5.10 Å². The predicted molar refractivity (Wildman–Crippen MR) is 79.1 cm³/mol. The Hall–Kier alpha value is -2.10. The van der Waals surface area contributed by atoms with E-state index in [0.29, 0.717) is 5.69 Å². The summed E-state index contributed by atoms with van der Waals surface area (Å²) in [6.07, 6.45) is 1.61. The topological polar surface area (TPSA) is 55.1 Å². The van der Waals surface area contributed by atoms with Crippen molar-refractivity contribution in [3.05, 3.63) is 41.1 Å². The molecule has 4 heteroatoms. The lowest BCUT2D eigenvalue weighted by Gasteiger charge is -2.18. The van der Waals surface area contributed by atoms with Crippen LogP contribution < -0.4 is 0 Å². The molecule has 1 aromatic carbocycles. The largest absolute Gasteiger partial charge is 0.478 e. The van der Waals surface area contributed by atoms with Crippen LogP contribution >= 0.6 is 0 Å². The Balaban J connectivity index is 2.69. The quantitative estimate of drug-likeness (QED) is 0.908. The average Bonchev–Trinajstić information content (AvgIpc) is 2.77. The van der Waals surface area contributed by atoms with E-state index in [1.54, 1.807) is 10.9 Å². The van der Waals surface area contributed by atoms with Gasteiger partial charge in [-0.1, -0.05) is 17.7 Å². The van der Waals surface area contributed by atoms with Crippen LogP contribution in [0.2, 0.25) is 0 Å². The fourth-order valence-corrected chi connectivity index (χ4v) is 2.06. The van der Waals surface area contributed by atoms with Gasteiger partial charge in [0.05, 0.1) is 5.54 Å². The zero-order valence-corrected chi connectivity index (χ0v) is 12.6. The summed E-state index contributed by atoms with van der Waals surface area (Å²) in [5.41, 5.74) is 3.53. The minimum absolute atomic E-state index is 0.244. The molecule has 0 aliphatic heterocycles. The Morgan fingerprint density at radius 2 is 1.90 bits per heavy atom. The predicted octanol–water partition coefficient (Wildman–Crippen LogP) is 3.62. The van der Waals surface area contributed by atoms with E-state index in [1.807, 2.05) is 52.8 Å². The van der Waals surface area contributed by atoms with Gasteiger partial charge in [0, 0.05) is 11.8 Å². The number of hydrogen-bond acceptors (Lipinski definition) is 2. The highest BCUT2D eigenvalue weighted by atomic mass is 16.4. The van der Waals surface area contributed by atoms with Crippen LogP contribution in [0.1, 0.15) is 42.3 Å². The smallest absolute Gasteiger partial charge is 0.339 e. The van der Waals surface area contributed by atoms with Crippen LogP contribution in [-0.4, -0.2) is 20.9 Å². The molecule has 0 aliphatic rings. The number of hydrogen-bond donors (Lipinski definition) is 1. The van der Waals surface area contributed by atoms with Gasteiger partial charge in [0.25, 0.3) is 0 Å². The average molecular weight is 272 g/mol. The molecule has 0 amide bonds. The van der Waals surface area contributed by atoms with Crippen LogP contribution in [0.25, 0.3) is 11.3 Å². The Morgan fingerprint density at radius 3 is 2.45 bits per heavy atom. The molecular formula is C16H20N2O2. The van der Waals surface area contributed by atoms with Gasteiger partial charge in [-0.15, -0.1) is 0 Å². The molecule has 1 N–H and O–H groups in total. The molecule has 0 unspecified atom stereocenters. The Bertz CT molecular complexity index is 664. The zero-order valence-electron chi connectivity index (χ0n) is 12.6. The van der Waals surface area contributed by atoms with Gasteiger partial charge >= 0.3 is 5.97 Å². The number of aromatic nitrogens is 2. The molecule has 2 rings (SSSR count). The number of nitrogens with zero attached hydrogens (tertiary/aromatic N) is 2. The van der Waals surface area contributed by atoms with Crippen molar-refractivity contribution >= 4 is 5.97 Å². The second-order valence-corrected chi connectivity index (χ2v) is 6.13. The van der Waals surface area contributed by atoms with Gasteiger partial charge in [0.15, 0.2) is 0 Å². The van der Waals surface area contributed by atoms with Gasteiger partial charge in [-0.3, -0.25) is 4.68 Å². The number of carbonyl (C=O) groups is 1. The summed E-state index contributed by atoms with van der Waals surface area (Å²) >= 11 is 0. The van der Waals surface area contributed by atoms with E-state index < -0.39 is 5.97 Å². The lowest BCUT2D eigenvalue weighted by Crippen LogP contribution is -2.22. The zero-order chi connectivity index (χ0) is 15.1. The summed E-state index contributed by atoms with van der Waals surface area (Å²) in [5.74, 6) is -0.948. The van der Waals surface area contributed by atoms with Gasteiger partial charge in [-0.25, -0.2) is 4.79 Å². The highest BCUT2D eigenvalue weighted by Crippen LogP contribution is 2.28. The lowest BCUT2D eigenvalue weighted by atomic mass is 10.0. The first-order valence-corrected chi connectivity index (χ1v) is 6.61. The summed E-state index contributed by atoms with van der Waals surface area (Å²) < 4.78 is 1.72. The summed E-state index contributed by atoms with van der Waals surface area (Å²) in [6, 6.07) is 5.99. The maximum absolute atomic E-state index is 11.5. The number of aromatic carboxylic acids is 1. The highest BCUT2D eigenvalue weighted by molar-refractivity contribution is 5.95. The van der Waals surface area contributed by atoms with Crippen LogP contribution in [0.15, 0.2) is 24.4 Å². The number of carboxylic acid groups (broad SMARTS) is 1. The van der Waals surface area contributed by atoms with Gasteiger partial charge in [-0.2, -0.15) is 5.10 Å². The van der Waals surface area contributed by atoms with Crippen molar-refractivity contribution in [1.82, 2.24) is 9.78 Å². The van der Waals surface area contributed by atoms with E-state index in [-0.39, 0.29) is 11.1 Å². The van der Waals surface area contributed by atoms with E-state index in [4.69, 9.17) is 0 Å². The molecule has 20 heavy (non-hydrogen) atoms. The Kier molecular flexibility index (Phi) is 3.42. The number of carboxylic acids is 1. The van der Waals surface area contributed by atoms with Crippen molar-refractivity contribution in [2.24, 2.45) is 0 Å². The van der Waals surface area contributed by atoms with Gasteiger partial charge in [0.1, 0.15) is 11.3 Å². The molecule has 2 aromatic rings. The van der Waals surface area contributed by atoms with Crippen LogP contribution in [0.4, 0.5) is 0 Å². The van der Waals surface area contributed by atoms with E-state index >= 15 is 0 Å². The second-order valence-electron chi connectivity index (χ2n) is 6.13. The Labute approximate surface area is 119 Å². The summed E-state index contributed by atoms with van der Waals surface area (Å²) in [7, 11) is 0. The normalized spacial score (nSPS) is 11.7. The first-order valence-electron chi connectivity index (χ1n) is 6.61. The molecule has 0 aliphatic carbocycles. The molecule has 0 fully saturated rings. The molecule has 4 nitrogen and oxygen atoms in total. The maximum Gasteiger partial charge on any atom is 0.339 e. The number of rotatable bonds is 2. The third-order valence-corrected chi connectivity index (χ3v) is 3.28. The molecule has 0 spiro atoms. The third kappa shape index (κ3) is 2.59. The highest BCUT2D eigenvalue weighted by Gasteiger charge is 2.23. The Morgan fingerprint density at radius 1 is 1.25 bits per heavy atom. The van der Waals surface area contributed by atoms with Crippen molar-refractivity contribution in [1.29, 1.82) is 0 Å². The summed E-state index contributed by atoms with van der Waals surface area (Å²) in [4.78, 5) is 11.5. The standard InChI is InChI=1S/C16H20N2O2/c1-10-6-7-11(2)12(8-10)14-13(15(19)20)9-18(17-14)16(3,4)5/h6-9H,1-5H3,(H,19,20). The molecule has 0 atom stereocenters. The number of aryl methyl sites for hydroxylation is 2. The third-order valence-electron chi connectivity index (χ3n) is 3.28. The van der Waals surface area contributed by atoms with Crippen LogP contribution in [0.3, 0.4) is 0 Å². The molecule has 1 heterocycles. The molecule has 0 radical (unpaired) electrons. The summed E-state index contributed by atoms with van der Waals surface area (Å²) in [6.45, 7) is 9.95. The van der Waals surface area contributed by atoms with Crippen molar-refractivity contribution in [3.63, 3.8) is 0 Å². The van der Waals surface area contributed by atoms with Crippen molar-refractivity contribution < 1.29 is 9.90 Å². The first-order chi connectivity index (χ1) is 9.20. The molecule has 0 saturated carbocycles. The van der Waals surface area contributed by atoms with Crippen LogP contribution in [-0.2, 0) is 5.54 Å². The van der Waals surface area contributed by atoms with E-state index in [9.17, 15) is 9.90 Å². The fourth-order valence-electron chi connectivity index (χ4n) is 2.06. The first kappa shape index (κ1) is 14.3. The minimum Gasteiger partial charge on any atom is -0.478 e. The molecule has 1 aromatic heterocycles. The van der Waals surface area contributed by atoms with E-state index in [0.717, 1.165) is 16.7 Å². The maximum atomic E-state index is 11.5. The molecular weight excluding hydrogens is 252 g/mol. The van der Waals surface area contributed by atoms with Gasteiger partial charge < -0.3 is 5.11 Å². The van der Waals surface area contributed by atoms with E-state index in [1.165, 1.54) is 0 Å². The summed E-state index contributed by atoms with van der Waals surface area (Å²) in [5, 5.41) is 13.9. The molecule has 0 saturated heterocycles. The van der Waals surface area contributed by atoms with Gasteiger partial charge in [-0.05, 0) is 46.2 Å². The second kappa shape index (κ2) is 4.78. The fraction of sp³-hybridized carbons (Fsp3) is 0.375. The van der Waals surface area contributed by atoms with Crippen LogP contribution in [0.5, 0.6) is 0 Å². The minimum atomic E-state index is -0.948. The molecule has 106 valence electrons. The number of benzene rings is 1. The SMILES string of the molecule is Cc1ccc(C)c(-c2nn(C(C)(C)C)cc2C(=O)O)c1. The lowest BCUT2D eigenvalue weighted by molar-refractivity contribution is 0.0697. The van der Waals surface area contributed by atoms with Crippen molar-refractivity contribution in [2.75, 3.05) is 0 Å². The molecule has 0 bridgehead atoms. The van der Waals surface area contributed by atoms with Crippen LogP contribution in [0, 0.1) is 13.8 Å². The van der Waals surface area contributed by atoms with Crippen molar-refractivity contribution in [2.45, 2.75) is 40.2 Å². The van der Waals surface area contributed by atoms with Crippen molar-refractivity contribution in [3.8, 4) is 11.3 Å². The monoisotopic (exact) mass is 272 g/mol. The van der Waals surface area contributed by atoms with Gasteiger partial charge in [0.2, 0.25) is 0 Å².